The SMILES string of the molecule is CC(=O)OCOC(=O)c1cnn(-c2cccc(-c3cccc(OC(C)C4CCCCC4)c3)c2)c1[C@@H]1C[C@H]1c1cn(C)nn1. The lowest BCUT2D eigenvalue weighted by Gasteiger charge is -2.28. The van der Waals surface area contributed by atoms with Crippen LogP contribution >= 0.6 is 0 Å². The fourth-order valence-electron chi connectivity index (χ4n) is 6.16. The summed E-state index contributed by atoms with van der Waals surface area (Å²) in [7, 11) is 1.83. The van der Waals surface area contributed by atoms with Crippen LogP contribution < -0.4 is 4.74 Å². The van der Waals surface area contributed by atoms with Crippen LogP contribution in [0.25, 0.3) is 16.8 Å². The third-order valence-electron chi connectivity index (χ3n) is 8.51. The Kier molecular flexibility index (Phi) is 8.26. The van der Waals surface area contributed by atoms with Gasteiger partial charge in [0.15, 0.2) is 0 Å². The number of aromatic nitrogens is 5. The Bertz CT molecular complexity index is 1600. The first kappa shape index (κ1) is 28.6. The van der Waals surface area contributed by atoms with Crippen LogP contribution in [-0.2, 0) is 21.3 Å². The molecule has 0 N–H and O–H groups in total. The smallest absolute Gasteiger partial charge is 0.344 e. The van der Waals surface area contributed by atoms with E-state index in [0.717, 1.165) is 40.4 Å². The van der Waals surface area contributed by atoms with Crippen molar-refractivity contribution in [3.05, 3.63) is 77.9 Å². The third-order valence-corrected chi connectivity index (χ3v) is 8.51. The average molecular weight is 584 g/mol. The molecule has 0 aliphatic heterocycles. The molecule has 0 spiro atoms. The number of carbonyl (C=O) groups is 2. The first-order valence-electron chi connectivity index (χ1n) is 15.0. The number of aryl methyl sites for hydroxylation is 1. The minimum Gasteiger partial charge on any atom is -0.490 e. The molecule has 2 saturated carbocycles. The minimum absolute atomic E-state index is 0.00265. The van der Waals surface area contributed by atoms with Crippen LogP contribution in [0.15, 0.2) is 60.9 Å². The van der Waals surface area contributed by atoms with Crippen molar-refractivity contribution in [2.75, 3.05) is 6.79 Å². The summed E-state index contributed by atoms with van der Waals surface area (Å²) in [4.78, 5) is 24.3. The summed E-state index contributed by atoms with van der Waals surface area (Å²) in [5.41, 5.74) is 4.80. The van der Waals surface area contributed by atoms with Gasteiger partial charge < -0.3 is 14.2 Å². The second-order valence-electron chi connectivity index (χ2n) is 11.6. The van der Waals surface area contributed by atoms with Gasteiger partial charge in [0.2, 0.25) is 6.79 Å². The molecule has 4 aromatic rings. The van der Waals surface area contributed by atoms with Crippen molar-refractivity contribution in [1.82, 2.24) is 24.8 Å². The van der Waals surface area contributed by atoms with Gasteiger partial charge in [0.25, 0.3) is 0 Å². The maximum atomic E-state index is 13.1. The van der Waals surface area contributed by atoms with Crippen molar-refractivity contribution >= 4 is 11.9 Å². The van der Waals surface area contributed by atoms with E-state index >= 15 is 0 Å². The zero-order valence-electron chi connectivity index (χ0n) is 24.8. The molecule has 2 aromatic heterocycles. The quantitative estimate of drug-likeness (QED) is 0.166. The lowest BCUT2D eigenvalue weighted by molar-refractivity contribution is -0.149. The van der Waals surface area contributed by atoms with Gasteiger partial charge in [-0.25, -0.2) is 9.48 Å². The van der Waals surface area contributed by atoms with Crippen LogP contribution in [0.5, 0.6) is 5.75 Å². The van der Waals surface area contributed by atoms with E-state index in [0.29, 0.717) is 11.5 Å². The predicted octanol–water partition coefficient (Wildman–Crippen LogP) is 5.96. The van der Waals surface area contributed by atoms with Crippen molar-refractivity contribution in [3.63, 3.8) is 0 Å². The van der Waals surface area contributed by atoms with Gasteiger partial charge in [-0.05, 0) is 67.5 Å². The molecular formula is C33H37N5O5. The molecule has 224 valence electrons. The Labute approximate surface area is 250 Å². The maximum absolute atomic E-state index is 13.1. The van der Waals surface area contributed by atoms with Gasteiger partial charge in [0.05, 0.1) is 29.4 Å². The highest BCUT2D eigenvalue weighted by Gasteiger charge is 2.46. The summed E-state index contributed by atoms with van der Waals surface area (Å²) in [5, 5.41) is 13.0. The van der Waals surface area contributed by atoms with E-state index in [1.54, 1.807) is 9.36 Å². The highest BCUT2D eigenvalue weighted by Crippen LogP contribution is 2.55. The van der Waals surface area contributed by atoms with Crippen LogP contribution in [-0.4, -0.2) is 49.6 Å². The van der Waals surface area contributed by atoms with Crippen LogP contribution in [0.3, 0.4) is 0 Å². The van der Waals surface area contributed by atoms with E-state index in [2.05, 4.69) is 46.6 Å². The number of carbonyl (C=O) groups excluding carboxylic acids is 2. The van der Waals surface area contributed by atoms with Crippen molar-refractivity contribution in [2.45, 2.75) is 70.3 Å². The second kappa shape index (κ2) is 12.4. The molecule has 10 heteroatoms. The van der Waals surface area contributed by atoms with Crippen LogP contribution in [0.2, 0.25) is 0 Å². The zero-order valence-corrected chi connectivity index (χ0v) is 24.8. The summed E-state index contributed by atoms with van der Waals surface area (Å²) < 4.78 is 20.0. The number of esters is 2. The monoisotopic (exact) mass is 583 g/mol. The first-order chi connectivity index (χ1) is 20.9. The fourth-order valence-corrected chi connectivity index (χ4v) is 6.16. The number of hydrogen-bond acceptors (Lipinski definition) is 8. The fraction of sp³-hybridized carbons (Fsp3) is 0.424. The molecule has 2 aliphatic rings. The first-order valence-corrected chi connectivity index (χ1v) is 15.0. The molecule has 2 aromatic carbocycles. The number of nitrogens with zero attached hydrogens (tertiary/aromatic N) is 5. The number of benzene rings is 2. The highest BCUT2D eigenvalue weighted by molar-refractivity contribution is 5.91. The largest absolute Gasteiger partial charge is 0.490 e. The standard InChI is InChI=1S/C33H37N5O5/c1-21(23-9-5-4-6-10-23)43-27-14-8-12-25(16-27)24-11-7-13-26(15-24)38-32(29-17-28(29)31-19-37(3)36-35-31)30(18-34-38)33(40)42-20-41-22(2)39/h7-8,11-16,18-19,21,23,28-29H,4-6,9-10,17,20H2,1-3H3/t21?,28-,29-/m1/s1. The lowest BCUT2D eigenvalue weighted by atomic mass is 9.86. The van der Waals surface area contributed by atoms with Gasteiger partial charge in [0.1, 0.15) is 11.3 Å². The minimum atomic E-state index is -0.597. The van der Waals surface area contributed by atoms with Gasteiger partial charge in [-0.3, -0.25) is 9.48 Å². The molecule has 0 amide bonds. The molecule has 0 bridgehead atoms. The maximum Gasteiger partial charge on any atom is 0.344 e. The Morgan fingerprint density at radius 2 is 1.77 bits per heavy atom. The summed E-state index contributed by atoms with van der Waals surface area (Å²) in [6.07, 6.45) is 10.7. The molecule has 0 saturated heterocycles. The normalized spacial score (nSPS) is 19.0. The summed E-state index contributed by atoms with van der Waals surface area (Å²) in [6, 6.07) is 16.3. The predicted molar refractivity (Wildman–Crippen MR) is 159 cm³/mol. The molecule has 3 atom stereocenters. The molecule has 2 aliphatic carbocycles. The molecule has 0 radical (unpaired) electrons. The van der Waals surface area contributed by atoms with Crippen LogP contribution in [0.4, 0.5) is 0 Å². The second-order valence-corrected chi connectivity index (χ2v) is 11.6. The van der Waals surface area contributed by atoms with E-state index in [9.17, 15) is 9.59 Å². The zero-order chi connectivity index (χ0) is 29.9. The Morgan fingerprint density at radius 1 is 1.00 bits per heavy atom. The van der Waals surface area contributed by atoms with Crippen molar-refractivity contribution in [2.24, 2.45) is 13.0 Å². The Morgan fingerprint density at radius 3 is 2.51 bits per heavy atom. The third kappa shape index (κ3) is 6.48. The molecule has 2 fully saturated rings. The summed E-state index contributed by atoms with van der Waals surface area (Å²) >= 11 is 0. The van der Waals surface area contributed by atoms with Gasteiger partial charge in [-0.1, -0.05) is 48.7 Å². The molecule has 6 rings (SSSR count). The van der Waals surface area contributed by atoms with E-state index in [4.69, 9.17) is 14.2 Å². The van der Waals surface area contributed by atoms with Gasteiger partial charge in [-0.2, -0.15) is 5.10 Å². The van der Waals surface area contributed by atoms with Crippen molar-refractivity contribution in [1.29, 1.82) is 0 Å². The highest BCUT2D eigenvalue weighted by atomic mass is 16.7. The molecule has 43 heavy (non-hydrogen) atoms. The number of hydrogen-bond donors (Lipinski definition) is 0. The number of rotatable bonds is 10. The van der Waals surface area contributed by atoms with E-state index in [-0.39, 0.29) is 17.9 Å². The van der Waals surface area contributed by atoms with E-state index < -0.39 is 18.7 Å². The van der Waals surface area contributed by atoms with E-state index in [1.165, 1.54) is 45.2 Å². The van der Waals surface area contributed by atoms with Crippen molar-refractivity contribution < 1.29 is 23.8 Å². The Hall–Kier alpha value is -4.47. The van der Waals surface area contributed by atoms with Crippen molar-refractivity contribution in [3.8, 4) is 22.6 Å². The number of ether oxygens (including phenoxy) is 3. The van der Waals surface area contributed by atoms with Crippen LogP contribution in [0.1, 0.15) is 86.0 Å². The summed E-state index contributed by atoms with van der Waals surface area (Å²) in [5.74, 6) is 0.443. The summed E-state index contributed by atoms with van der Waals surface area (Å²) in [6.45, 7) is 2.99. The topological polar surface area (TPSA) is 110 Å². The molecule has 10 nitrogen and oxygen atoms in total. The lowest BCUT2D eigenvalue weighted by Crippen LogP contribution is -2.25. The molecule has 1 unspecified atom stereocenters. The average Bonchev–Trinajstić information content (AvgIpc) is 3.46. The van der Waals surface area contributed by atoms with Gasteiger partial charge in [-0.15, -0.1) is 5.10 Å². The van der Waals surface area contributed by atoms with Gasteiger partial charge in [0, 0.05) is 32.0 Å². The Balaban J connectivity index is 1.28. The van der Waals surface area contributed by atoms with Crippen LogP contribution in [0, 0.1) is 5.92 Å². The van der Waals surface area contributed by atoms with Gasteiger partial charge >= 0.3 is 11.9 Å². The van der Waals surface area contributed by atoms with E-state index in [1.807, 2.05) is 37.5 Å². The molecular weight excluding hydrogens is 546 g/mol. The molecule has 2 heterocycles.